The molecule has 2 aliphatic rings. The maximum atomic E-state index is 13.2. The minimum atomic E-state index is -0.512. The van der Waals surface area contributed by atoms with Gasteiger partial charge in [-0.25, -0.2) is 4.98 Å². The fourth-order valence-electron chi connectivity index (χ4n) is 4.33. The minimum Gasteiger partial charge on any atom is -0.378 e. The van der Waals surface area contributed by atoms with Crippen LogP contribution in [0.15, 0.2) is 40.3 Å². The molecule has 178 valence electrons. The summed E-state index contributed by atoms with van der Waals surface area (Å²) in [6, 6.07) is 9.83. The zero-order chi connectivity index (χ0) is 23.4. The topological polar surface area (TPSA) is 82.9 Å². The van der Waals surface area contributed by atoms with Crippen LogP contribution in [0.25, 0.3) is 0 Å². The molecule has 1 spiro atoms. The standard InChI is InChI=1S/C24H31N3O5S/c1-17(21(28)27-11-9-24(10-12-27)31-13-14-32-24)33-23-25-20(16-30-3)19(22(29)26(23)2)15-18-7-5-4-6-8-18/h4-8,17H,9-16H2,1-3H3. The van der Waals surface area contributed by atoms with Gasteiger partial charge in [-0.1, -0.05) is 42.1 Å². The second kappa shape index (κ2) is 10.4. The molecule has 2 fully saturated rings. The number of aromatic nitrogens is 2. The number of hydrogen-bond acceptors (Lipinski definition) is 7. The molecule has 1 aromatic carbocycles. The van der Waals surface area contributed by atoms with Gasteiger partial charge >= 0.3 is 0 Å². The van der Waals surface area contributed by atoms with Gasteiger partial charge < -0.3 is 19.1 Å². The minimum absolute atomic E-state index is 0.0312. The largest absolute Gasteiger partial charge is 0.378 e. The summed E-state index contributed by atoms with van der Waals surface area (Å²) < 4.78 is 18.4. The average Bonchev–Trinajstić information content (AvgIpc) is 3.28. The summed E-state index contributed by atoms with van der Waals surface area (Å²) >= 11 is 1.31. The number of piperidine rings is 1. The van der Waals surface area contributed by atoms with Crippen molar-refractivity contribution in [3.8, 4) is 0 Å². The fraction of sp³-hybridized carbons (Fsp3) is 0.542. The highest BCUT2D eigenvalue weighted by Crippen LogP contribution is 2.32. The number of thioether (sulfide) groups is 1. The molecule has 9 heteroatoms. The third-order valence-electron chi connectivity index (χ3n) is 6.21. The van der Waals surface area contributed by atoms with Crippen molar-refractivity contribution < 1.29 is 19.0 Å². The molecular weight excluding hydrogens is 442 g/mol. The average molecular weight is 474 g/mol. The molecule has 2 aliphatic heterocycles. The smallest absolute Gasteiger partial charge is 0.257 e. The summed E-state index contributed by atoms with van der Waals surface area (Å²) in [5.41, 5.74) is 2.16. The summed E-state index contributed by atoms with van der Waals surface area (Å²) in [5.74, 6) is -0.480. The van der Waals surface area contributed by atoms with E-state index in [1.807, 2.05) is 42.2 Å². The van der Waals surface area contributed by atoms with Crippen molar-refractivity contribution in [2.75, 3.05) is 33.4 Å². The van der Waals surface area contributed by atoms with Crippen molar-refractivity contribution in [3.05, 3.63) is 57.5 Å². The van der Waals surface area contributed by atoms with Gasteiger partial charge in [0, 0.05) is 52.1 Å². The van der Waals surface area contributed by atoms with Crippen LogP contribution >= 0.6 is 11.8 Å². The zero-order valence-electron chi connectivity index (χ0n) is 19.4. The SMILES string of the molecule is COCc1nc(SC(C)C(=O)N2CCC3(CC2)OCCO3)n(C)c(=O)c1Cc1ccccc1. The highest BCUT2D eigenvalue weighted by atomic mass is 32.2. The van der Waals surface area contributed by atoms with Crippen LogP contribution in [0.4, 0.5) is 0 Å². The summed E-state index contributed by atoms with van der Waals surface area (Å²) in [7, 11) is 3.30. The summed E-state index contributed by atoms with van der Waals surface area (Å²) in [4.78, 5) is 32.9. The Morgan fingerprint density at radius 1 is 1.21 bits per heavy atom. The molecule has 1 atom stereocenters. The lowest BCUT2D eigenvalue weighted by Crippen LogP contribution is -2.49. The first-order valence-corrected chi connectivity index (χ1v) is 12.2. The molecule has 33 heavy (non-hydrogen) atoms. The Balaban J connectivity index is 1.49. The van der Waals surface area contributed by atoms with E-state index in [2.05, 4.69) is 0 Å². The molecule has 1 unspecified atom stereocenters. The van der Waals surface area contributed by atoms with E-state index in [4.69, 9.17) is 19.2 Å². The molecule has 0 bridgehead atoms. The van der Waals surface area contributed by atoms with Gasteiger partial charge in [-0.2, -0.15) is 0 Å². The molecule has 1 aromatic heterocycles. The van der Waals surface area contributed by atoms with E-state index in [-0.39, 0.29) is 23.3 Å². The number of rotatable bonds is 7. The number of carbonyl (C=O) groups excluding carboxylic acids is 1. The number of methoxy groups -OCH3 is 1. The van der Waals surface area contributed by atoms with Crippen LogP contribution in [0.3, 0.4) is 0 Å². The van der Waals surface area contributed by atoms with Crippen LogP contribution in [-0.2, 0) is 39.1 Å². The van der Waals surface area contributed by atoms with Crippen molar-refractivity contribution in [3.63, 3.8) is 0 Å². The van der Waals surface area contributed by atoms with Crippen LogP contribution in [0.2, 0.25) is 0 Å². The number of carbonyl (C=O) groups is 1. The molecule has 0 radical (unpaired) electrons. The van der Waals surface area contributed by atoms with Crippen molar-refractivity contribution in [1.82, 2.24) is 14.5 Å². The molecule has 2 saturated heterocycles. The number of ether oxygens (including phenoxy) is 3. The third-order valence-corrected chi connectivity index (χ3v) is 7.35. The number of nitrogens with zero attached hydrogens (tertiary/aromatic N) is 3. The van der Waals surface area contributed by atoms with Crippen LogP contribution < -0.4 is 5.56 Å². The Hall–Kier alpha value is -2.20. The molecule has 0 saturated carbocycles. The fourth-order valence-corrected chi connectivity index (χ4v) is 5.30. The van der Waals surface area contributed by atoms with E-state index in [0.29, 0.717) is 62.0 Å². The van der Waals surface area contributed by atoms with Gasteiger partial charge in [-0.05, 0) is 12.5 Å². The molecule has 0 N–H and O–H groups in total. The first-order valence-electron chi connectivity index (χ1n) is 11.3. The molecule has 2 aromatic rings. The highest BCUT2D eigenvalue weighted by molar-refractivity contribution is 8.00. The maximum Gasteiger partial charge on any atom is 0.257 e. The lowest BCUT2D eigenvalue weighted by Gasteiger charge is -2.38. The lowest BCUT2D eigenvalue weighted by atomic mass is 10.0. The predicted molar refractivity (Wildman–Crippen MR) is 125 cm³/mol. The van der Waals surface area contributed by atoms with Gasteiger partial charge in [0.2, 0.25) is 5.91 Å². The lowest BCUT2D eigenvalue weighted by molar-refractivity contribution is -0.187. The first kappa shape index (κ1) is 23.9. The third kappa shape index (κ3) is 5.32. The van der Waals surface area contributed by atoms with E-state index in [9.17, 15) is 9.59 Å². The van der Waals surface area contributed by atoms with Gasteiger partial charge in [0.15, 0.2) is 10.9 Å². The van der Waals surface area contributed by atoms with Gasteiger partial charge in [-0.15, -0.1) is 0 Å². The Kier molecular flexibility index (Phi) is 7.53. The second-order valence-corrected chi connectivity index (χ2v) is 9.78. The summed E-state index contributed by atoms with van der Waals surface area (Å²) in [5, 5.41) is 0.138. The van der Waals surface area contributed by atoms with Crippen LogP contribution in [0.5, 0.6) is 0 Å². The molecule has 0 aliphatic carbocycles. The van der Waals surface area contributed by atoms with E-state index >= 15 is 0 Å². The van der Waals surface area contributed by atoms with Crippen molar-refractivity contribution in [1.29, 1.82) is 0 Å². The van der Waals surface area contributed by atoms with Gasteiger partial charge in [0.05, 0.1) is 30.8 Å². The number of benzene rings is 1. The number of likely N-dealkylation sites (tertiary alicyclic amines) is 1. The molecule has 4 rings (SSSR count). The van der Waals surface area contributed by atoms with Crippen LogP contribution in [-0.4, -0.2) is 64.8 Å². The Labute approximate surface area is 198 Å². The Morgan fingerprint density at radius 2 is 1.88 bits per heavy atom. The Bertz CT molecular complexity index is 1030. The quantitative estimate of drug-likeness (QED) is 0.451. The van der Waals surface area contributed by atoms with E-state index < -0.39 is 5.79 Å². The molecule has 1 amide bonds. The Morgan fingerprint density at radius 3 is 2.52 bits per heavy atom. The van der Waals surface area contributed by atoms with Gasteiger partial charge in [-0.3, -0.25) is 14.2 Å². The van der Waals surface area contributed by atoms with E-state index in [1.54, 1.807) is 14.2 Å². The predicted octanol–water partition coefficient (Wildman–Crippen LogP) is 2.36. The van der Waals surface area contributed by atoms with Gasteiger partial charge in [0.1, 0.15) is 0 Å². The van der Waals surface area contributed by atoms with Crippen molar-refractivity contribution >= 4 is 17.7 Å². The first-order chi connectivity index (χ1) is 15.9. The van der Waals surface area contributed by atoms with E-state index in [0.717, 1.165) is 5.56 Å². The monoisotopic (exact) mass is 473 g/mol. The molecule has 8 nitrogen and oxygen atoms in total. The number of hydrogen-bond donors (Lipinski definition) is 0. The normalized spacial score (nSPS) is 18.6. The summed E-state index contributed by atoms with van der Waals surface area (Å²) in [6.07, 6.45) is 1.84. The van der Waals surface area contributed by atoms with Gasteiger partial charge in [0.25, 0.3) is 5.56 Å². The highest BCUT2D eigenvalue weighted by Gasteiger charge is 2.41. The second-order valence-electron chi connectivity index (χ2n) is 8.47. The van der Waals surface area contributed by atoms with E-state index in [1.165, 1.54) is 16.3 Å². The van der Waals surface area contributed by atoms with Crippen LogP contribution in [0, 0.1) is 0 Å². The summed E-state index contributed by atoms with van der Waals surface area (Å²) in [6.45, 7) is 4.53. The number of amides is 1. The zero-order valence-corrected chi connectivity index (χ0v) is 20.2. The van der Waals surface area contributed by atoms with Crippen molar-refractivity contribution in [2.24, 2.45) is 7.05 Å². The molecule has 3 heterocycles. The van der Waals surface area contributed by atoms with Crippen molar-refractivity contribution in [2.45, 2.75) is 49.0 Å². The maximum absolute atomic E-state index is 13.2. The molecular formula is C24H31N3O5S. The van der Waals surface area contributed by atoms with Crippen LogP contribution in [0.1, 0.15) is 36.6 Å².